The number of carbonyl (C=O) groups excluding carboxylic acids is 3. The van der Waals surface area contributed by atoms with E-state index in [2.05, 4.69) is 5.32 Å². The lowest BCUT2D eigenvalue weighted by molar-refractivity contribution is -0.135. The predicted molar refractivity (Wildman–Crippen MR) is 93.0 cm³/mol. The number of rotatable bonds is 3. The van der Waals surface area contributed by atoms with Crippen LogP contribution in [0.2, 0.25) is 0 Å². The van der Waals surface area contributed by atoms with Crippen molar-refractivity contribution < 1.29 is 24.6 Å². The zero-order chi connectivity index (χ0) is 18.7. The van der Waals surface area contributed by atoms with Crippen molar-refractivity contribution in [1.82, 2.24) is 15.1 Å². The highest BCUT2D eigenvalue weighted by Crippen LogP contribution is 2.25. The minimum absolute atomic E-state index is 0.0281. The molecule has 2 fully saturated rings. The third-order valence-corrected chi connectivity index (χ3v) is 4.53. The van der Waals surface area contributed by atoms with Crippen molar-refractivity contribution in [3.63, 3.8) is 0 Å². The summed E-state index contributed by atoms with van der Waals surface area (Å²) in [5, 5.41) is 21.5. The average molecular weight is 359 g/mol. The van der Waals surface area contributed by atoms with Crippen LogP contribution in [0.15, 0.2) is 23.9 Å². The van der Waals surface area contributed by atoms with Crippen LogP contribution < -0.4 is 5.32 Å². The number of amides is 4. The van der Waals surface area contributed by atoms with Crippen LogP contribution in [0.1, 0.15) is 31.2 Å². The maximum atomic E-state index is 12.5. The molecule has 0 radical (unpaired) electrons. The Balaban J connectivity index is 1.72. The summed E-state index contributed by atoms with van der Waals surface area (Å²) in [4.78, 5) is 39.5. The van der Waals surface area contributed by atoms with E-state index >= 15 is 0 Å². The number of hydrogen-bond acceptors (Lipinski definition) is 5. The molecule has 8 heteroatoms. The Morgan fingerprint density at radius 1 is 1.12 bits per heavy atom. The number of phenolic OH excluding ortho intramolecular Hbond substituents is 2. The zero-order valence-electron chi connectivity index (χ0n) is 14.3. The van der Waals surface area contributed by atoms with E-state index in [1.807, 2.05) is 0 Å². The van der Waals surface area contributed by atoms with Gasteiger partial charge >= 0.3 is 6.03 Å². The third-order valence-electron chi connectivity index (χ3n) is 4.53. The summed E-state index contributed by atoms with van der Waals surface area (Å²) in [5.74, 6) is -1.20. The van der Waals surface area contributed by atoms with E-state index in [-0.39, 0.29) is 35.2 Å². The topological polar surface area (TPSA) is 110 Å². The summed E-state index contributed by atoms with van der Waals surface area (Å²) in [5.41, 5.74) is 0.242. The van der Waals surface area contributed by atoms with Gasteiger partial charge in [0.2, 0.25) is 5.91 Å². The quantitative estimate of drug-likeness (QED) is 0.558. The molecule has 2 saturated heterocycles. The van der Waals surface area contributed by atoms with Gasteiger partial charge in [-0.15, -0.1) is 0 Å². The van der Waals surface area contributed by atoms with Gasteiger partial charge in [-0.3, -0.25) is 9.59 Å². The van der Waals surface area contributed by atoms with Gasteiger partial charge in [-0.2, -0.15) is 0 Å². The Hall–Kier alpha value is -3.03. The second kappa shape index (κ2) is 7.47. The number of likely N-dealkylation sites (tertiary alicyclic amines) is 1. The van der Waals surface area contributed by atoms with Crippen molar-refractivity contribution in [2.45, 2.75) is 25.7 Å². The summed E-state index contributed by atoms with van der Waals surface area (Å²) in [6, 6.07) is 3.24. The summed E-state index contributed by atoms with van der Waals surface area (Å²) in [6.07, 6.45) is 5.32. The minimum atomic E-state index is -0.664. The van der Waals surface area contributed by atoms with Crippen molar-refractivity contribution >= 4 is 23.9 Å². The Bertz CT molecular complexity index is 766. The van der Waals surface area contributed by atoms with Crippen molar-refractivity contribution in [2.24, 2.45) is 0 Å². The van der Waals surface area contributed by atoms with Crippen molar-refractivity contribution in [3.05, 3.63) is 29.5 Å². The first-order valence-electron chi connectivity index (χ1n) is 8.60. The molecule has 0 saturated carbocycles. The fourth-order valence-corrected chi connectivity index (χ4v) is 3.08. The van der Waals surface area contributed by atoms with Gasteiger partial charge in [-0.1, -0.05) is 12.8 Å². The van der Waals surface area contributed by atoms with Crippen LogP contribution in [0.3, 0.4) is 0 Å². The van der Waals surface area contributed by atoms with Gasteiger partial charge in [0.1, 0.15) is 23.7 Å². The molecule has 0 spiro atoms. The number of urea groups is 1. The van der Waals surface area contributed by atoms with Crippen LogP contribution >= 0.6 is 0 Å². The lowest BCUT2D eigenvalue weighted by Gasteiger charge is -2.22. The predicted octanol–water partition coefficient (Wildman–Crippen LogP) is 1.39. The summed E-state index contributed by atoms with van der Waals surface area (Å²) < 4.78 is 0. The van der Waals surface area contributed by atoms with Gasteiger partial charge in [0, 0.05) is 24.7 Å². The molecule has 2 aliphatic rings. The largest absolute Gasteiger partial charge is 0.508 e. The van der Waals surface area contributed by atoms with Crippen LogP contribution in [0, 0.1) is 0 Å². The highest BCUT2D eigenvalue weighted by molar-refractivity contribution is 6.15. The molecule has 0 bridgehead atoms. The number of hydrogen-bond donors (Lipinski definition) is 3. The Kier molecular flexibility index (Phi) is 5.11. The molecule has 0 atom stereocenters. The standard InChI is InChI=1S/C18H21N3O5/c22-13-6-5-12(15(23)10-13)9-14-17(25)21(18(26)19-14)11-16(24)20-7-3-1-2-4-8-20/h5-6,9-10,22-23H,1-4,7-8,11H2,(H,19,26)/b14-9-. The first kappa shape index (κ1) is 17.8. The van der Waals surface area contributed by atoms with Crippen LogP contribution in [0.4, 0.5) is 4.79 Å². The molecular formula is C18H21N3O5. The van der Waals surface area contributed by atoms with Crippen molar-refractivity contribution in [2.75, 3.05) is 19.6 Å². The number of carbonyl (C=O) groups is 3. The van der Waals surface area contributed by atoms with Gasteiger partial charge < -0.3 is 20.4 Å². The molecule has 3 rings (SSSR count). The summed E-state index contributed by atoms with van der Waals surface area (Å²) in [6.45, 7) is 0.989. The smallest absolute Gasteiger partial charge is 0.329 e. The molecule has 0 aromatic heterocycles. The molecular weight excluding hydrogens is 338 g/mol. The zero-order valence-corrected chi connectivity index (χ0v) is 14.3. The number of nitrogens with one attached hydrogen (secondary N) is 1. The molecule has 4 amide bonds. The second-order valence-electron chi connectivity index (χ2n) is 6.42. The Morgan fingerprint density at radius 2 is 1.81 bits per heavy atom. The molecule has 1 aromatic carbocycles. The van der Waals surface area contributed by atoms with Crippen LogP contribution in [-0.2, 0) is 9.59 Å². The van der Waals surface area contributed by atoms with Gasteiger partial charge in [0.25, 0.3) is 5.91 Å². The molecule has 138 valence electrons. The first-order valence-corrected chi connectivity index (χ1v) is 8.60. The molecule has 26 heavy (non-hydrogen) atoms. The Morgan fingerprint density at radius 3 is 2.46 bits per heavy atom. The molecule has 0 unspecified atom stereocenters. The number of imide groups is 1. The first-order chi connectivity index (χ1) is 12.5. The molecule has 8 nitrogen and oxygen atoms in total. The van der Waals surface area contributed by atoms with Crippen molar-refractivity contribution in [3.8, 4) is 11.5 Å². The van der Waals surface area contributed by atoms with Gasteiger partial charge in [0.05, 0.1) is 0 Å². The lowest BCUT2D eigenvalue weighted by Crippen LogP contribution is -2.43. The molecule has 0 aliphatic carbocycles. The fourth-order valence-electron chi connectivity index (χ4n) is 3.08. The summed E-state index contributed by atoms with van der Waals surface area (Å²) in [7, 11) is 0. The number of nitrogens with zero attached hydrogens (tertiary/aromatic N) is 2. The highest BCUT2D eigenvalue weighted by Gasteiger charge is 2.36. The van der Waals surface area contributed by atoms with Gasteiger partial charge in [0.15, 0.2) is 0 Å². The van der Waals surface area contributed by atoms with E-state index in [4.69, 9.17) is 0 Å². The van der Waals surface area contributed by atoms with E-state index in [0.29, 0.717) is 13.1 Å². The highest BCUT2D eigenvalue weighted by atomic mass is 16.3. The van der Waals surface area contributed by atoms with E-state index in [1.165, 1.54) is 18.2 Å². The van der Waals surface area contributed by atoms with E-state index in [9.17, 15) is 24.6 Å². The second-order valence-corrected chi connectivity index (χ2v) is 6.42. The van der Waals surface area contributed by atoms with E-state index in [1.54, 1.807) is 4.90 Å². The minimum Gasteiger partial charge on any atom is -0.508 e. The number of phenols is 2. The van der Waals surface area contributed by atoms with Crippen molar-refractivity contribution in [1.29, 1.82) is 0 Å². The van der Waals surface area contributed by atoms with Crippen LogP contribution in [-0.4, -0.2) is 57.5 Å². The van der Waals surface area contributed by atoms with E-state index in [0.717, 1.165) is 36.6 Å². The maximum absolute atomic E-state index is 12.5. The SMILES string of the molecule is O=C(CN1C(=O)N/C(=C\c2ccc(O)cc2O)C1=O)N1CCCCCC1. The molecule has 2 aliphatic heterocycles. The fraction of sp³-hybridized carbons (Fsp3) is 0.389. The Labute approximate surface area is 150 Å². The lowest BCUT2D eigenvalue weighted by atomic mass is 10.1. The molecule has 3 N–H and O–H groups in total. The number of aromatic hydroxyl groups is 2. The maximum Gasteiger partial charge on any atom is 0.329 e. The normalized spacial score (nSPS) is 19.6. The van der Waals surface area contributed by atoms with E-state index < -0.39 is 11.9 Å². The molecule has 1 aromatic rings. The third kappa shape index (κ3) is 3.79. The average Bonchev–Trinajstić information content (AvgIpc) is 2.81. The van der Waals surface area contributed by atoms with Gasteiger partial charge in [-0.05, 0) is 31.1 Å². The van der Waals surface area contributed by atoms with Gasteiger partial charge in [-0.25, -0.2) is 9.69 Å². The monoisotopic (exact) mass is 359 g/mol. The van der Waals surface area contributed by atoms with Crippen LogP contribution in [0.5, 0.6) is 11.5 Å². The van der Waals surface area contributed by atoms with Crippen LogP contribution in [0.25, 0.3) is 6.08 Å². The molecule has 2 heterocycles. The number of benzene rings is 1. The summed E-state index contributed by atoms with van der Waals surface area (Å²) >= 11 is 0.